The molecule has 0 radical (unpaired) electrons. The summed E-state index contributed by atoms with van der Waals surface area (Å²) >= 11 is 0. The van der Waals surface area contributed by atoms with Crippen LogP contribution in [-0.2, 0) is 4.79 Å². The van der Waals surface area contributed by atoms with E-state index in [-0.39, 0.29) is 25.2 Å². The van der Waals surface area contributed by atoms with Gasteiger partial charge in [-0.2, -0.15) is 0 Å². The zero-order chi connectivity index (χ0) is 13.8. The molecule has 0 saturated carbocycles. The van der Waals surface area contributed by atoms with E-state index >= 15 is 0 Å². The van der Waals surface area contributed by atoms with Gasteiger partial charge in [0.2, 0.25) is 0 Å². The van der Waals surface area contributed by atoms with Gasteiger partial charge in [0.05, 0.1) is 18.3 Å². The van der Waals surface area contributed by atoms with Crippen molar-refractivity contribution in [1.29, 1.82) is 0 Å². The number of carbonyl (C=O) groups excluding carboxylic acids is 1. The number of hydrogen-bond donors (Lipinski definition) is 2. The van der Waals surface area contributed by atoms with Gasteiger partial charge in [0.1, 0.15) is 5.75 Å². The zero-order valence-electron chi connectivity index (χ0n) is 11.3. The van der Waals surface area contributed by atoms with E-state index < -0.39 is 0 Å². The molecule has 5 nitrogen and oxygen atoms in total. The van der Waals surface area contributed by atoms with Gasteiger partial charge in [0, 0.05) is 7.05 Å². The van der Waals surface area contributed by atoms with Gasteiger partial charge in [0.25, 0.3) is 5.91 Å². The minimum Gasteiger partial charge on any atom is -0.482 e. The van der Waals surface area contributed by atoms with E-state index in [2.05, 4.69) is 12.2 Å². The number of hydrogen-bond acceptors (Lipinski definition) is 4. The predicted octanol–water partition coefficient (Wildman–Crippen LogP) is 1.07. The first-order valence-corrected chi connectivity index (χ1v) is 6.55. The van der Waals surface area contributed by atoms with Crippen LogP contribution in [0.5, 0.6) is 5.75 Å². The Kier molecular flexibility index (Phi) is 4.39. The number of nitrogens with one attached hydrogen (secondary N) is 1. The van der Waals surface area contributed by atoms with E-state index in [1.165, 1.54) is 0 Å². The zero-order valence-corrected chi connectivity index (χ0v) is 11.3. The molecular formula is C14H20N2O3. The number of benzene rings is 1. The third-order valence-electron chi connectivity index (χ3n) is 3.30. The molecule has 0 saturated heterocycles. The molecule has 0 aromatic heterocycles. The van der Waals surface area contributed by atoms with Crippen LogP contribution in [0.1, 0.15) is 24.9 Å². The fourth-order valence-corrected chi connectivity index (χ4v) is 2.11. The minimum absolute atomic E-state index is 0.0251. The second-order valence-electron chi connectivity index (χ2n) is 4.66. The molecular weight excluding hydrogens is 244 g/mol. The number of fused-ring (bicyclic) bond motifs is 1. The number of amides is 1. The fourth-order valence-electron chi connectivity index (χ4n) is 2.11. The first-order valence-electron chi connectivity index (χ1n) is 6.55. The van der Waals surface area contributed by atoms with Crippen molar-refractivity contribution in [2.75, 3.05) is 31.7 Å². The molecule has 1 aliphatic rings. The van der Waals surface area contributed by atoms with Gasteiger partial charge < -0.3 is 20.1 Å². The van der Waals surface area contributed by atoms with Crippen LogP contribution >= 0.6 is 0 Å². The van der Waals surface area contributed by atoms with E-state index in [0.29, 0.717) is 5.75 Å². The Morgan fingerprint density at radius 3 is 3.00 bits per heavy atom. The van der Waals surface area contributed by atoms with Crippen molar-refractivity contribution in [2.45, 2.75) is 19.4 Å². The van der Waals surface area contributed by atoms with Crippen molar-refractivity contribution in [2.24, 2.45) is 0 Å². The first-order chi connectivity index (χ1) is 9.17. The van der Waals surface area contributed by atoms with Crippen LogP contribution in [0.15, 0.2) is 18.2 Å². The molecule has 104 valence electrons. The Balaban J connectivity index is 2.26. The van der Waals surface area contributed by atoms with Crippen LogP contribution in [-0.4, -0.2) is 37.8 Å². The largest absolute Gasteiger partial charge is 0.482 e. The lowest BCUT2D eigenvalue weighted by atomic mass is 10.0. The molecule has 1 amide bonds. The van der Waals surface area contributed by atoms with Crippen LogP contribution in [0.2, 0.25) is 0 Å². The lowest BCUT2D eigenvalue weighted by molar-refractivity contribution is -0.120. The number of nitrogens with zero attached hydrogens (tertiary/aromatic N) is 1. The number of anilines is 1. The maximum atomic E-state index is 11.6. The van der Waals surface area contributed by atoms with Gasteiger partial charge in [-0.05, 0) is 30.7 Å². The van der Waals surface area contributed by atoms with Crippen molar-refractivity contribution in [1.82, 2.24) is 5.32 Å². The second kappa shape index (κ2) is 6.04. The van der Waals surface area contributed by atoms with Gasteiger partial charge in [0.15, 0.2) is 6.61 Å². The van der Waals surface area contributed by atoms with Crippen molar-refractivity contribution >= 4 is 11.6 Å². The standard InChI is InChI=1S/C14H20N2O3/c1-3-6-15-11(8-17)10-4-5-13-12(7-10)16(2)14(18)9-19-13/h4-5,7,11,15,17H,3,6,8-9H2,1-2H3. The quantitative estimate of drug-likeness (QED) is 0.835. The van der Waals surface area contributed by atoms with Crippen molar-refractivity contribution < 1.29 is 14.6 Å². The topological polar surface area (TPSA) is 61.8 Å². The summed E-state index contributed by atoms with van der Waals surface area (Å²) in [5.74, 6) is 0.643. The summed E-state index contributed by atoms with van der Waals surface area (Å²) in [4.78, 5) is 13.2. The summed E-state index contributed by atoms with van der Waals surface area (Å²) in [6, 6.07) is 5.56. The molecule has 0 bridgehead atoms. The highest BCUT2D eigenvalue weighted by molar-refractivity contribution is 5.97. The maximum absolute atomic E-state index is 11.6. The lowest BCUT2D eigenvalue weighted by Gasteiger charge is -2.27. The van der Waals surface area contributed by atoms with E-state index in [1.807, 2.05) is 18.2 Å². The monoisotopic (exact) mass is 264 g/mol. The Morgan fingerprint density at radius 1 is 1.53 bits per heavy atom. The Morgan fingerprint density at radius 2 is 2.32 bits per heavy atom. The average molecular weight is 264 g/mol. The van der Waals surface area contributed by atoms with E-state index in [1.54, 1.807) is 11.9 Å². The van der Waals surface area contributed by atoms with Crippen molar-refractivity contribution in [3.05, 3.63) is 23.8 Å². The molecule has 5 heteroatoms. The van der Waals surface area contributed by atoms with Gasteiger partial charge in [-0.15, -0.1) is 0 Å². The maximum Gasteiger partial charge on any atom is 0.264 e. The third-order valence-corrected chi connectivity index (χ3v) is 3.30. The third kappa shape index (κ3) is 2.88. The van der Waals surface area contributed by atoms with Crippen LogP contribution < -0.4 is 15.0 Å². The average Bonchev–Trinajstić information content (AvgIpc) is 2.44. The van der Waals surface area contributed by atoms with E-state index in [9.17, 15) is 9.90 Å². The van der Waals surface area contributed by atoms with Gasteiger partial charge >= 0.3 is 0 Å². The number of carbonyl (C=O) groups is 1. The lowest BCUT2D eigenvalue weighted by Crippen LogP contribution is -2.35. The van der Waals surface area contributed by atoms with Gasteiger partial charge in [-0.1, -0.05) is 13.0 Å². The number of rotatable bonds is 5. The molecule has 0 spiro atoms. The smallest absolute Gasteiger partial charge is 0.264 e. The van der Waals surface area contributed by atoms with Crippen LogP contribution in [0.25, 0.3) is 0 Å². The highest BCUT2D eigenvalue weighted by Gasteiger charge is 2.23. The molecule has 1 aromatic rings. The fraction of sp³-hybridized carbons (Fsp3) is 0.500. The van der Waals surface area contributed by atoms with E-state index in [4.69, 9.17) is 4.74 Å². The number of aliphatic hydroxyl groups is 1. The van der Waals surface area contributed by atoms with Gasteiger partial charge in [-0.25, -0.2) is 0 Å². The Labute approximate surface area is 113 Å². The normalized spacial score (nSPS) is 15.9. The highest BCUT2D eigenvalue weighted by Crippen LogP contribution is 2.33. The summed E-state index contributed by atoms with van der Waals surface area (Å²) in [5, 5.41) is 12.7. The Hall–Kier alpha value is -1.59. The first kappa shape index (κ1) is 13.8. The summed E-state index contributed by atoms with van der Waals surface area (Å²) in [7, 11) is 1.74. The van der Waals surface area contributed by atoms with Crippen LogP contribution in [0.3, 0.4) is 0 Å². The molecule has 1 unspecified atom stereocenters. The van der Waals surface area contributed by atoms with Crippen LogP contribution in [0.4, 0.5) is 5.69 Å². The van der Waals surface area contributed by atoms with Crippen LogP contribution in [0, 0.1) is 0 Å². The van der Waals surface area contributed by atoms with Crippen molar-refractivity contribution in [3.63, 3.8) is 0 Å². The summed E-state index contributed by atoms with van der Waals surface area (Å²) in [6.07, 6.45) is 1.00. The molecule has 1 aromatic carbocycles. The molecule has 1 aliphatic heterocycles. The summed E-state index contributed by atoms with van der Waals surface area (Å²) in [5.41, 5.74) is 1.71. The van der Waals surface area contributed by atoms with Crippen molar-refractivity contribution in [3.8, 4) is 5.75 Å². The number of likely N-dealkylation sites (N-methyl/N-ethyl adjacent to an activating group) is 1. The molecule has 2 N–H and O–H groups in total. The second-order valence-corrected chi connectivity index (χ2v) is 4.66. The molecule has 0 fully saturated rings. The Bertz CT molecular complexity index is 462. The van der Waals surface area contributed by atoms with Gasteiger partial charge in [-0.3, -0.25) is 4.79 Å². The summed E-state index contributed by atoms with van der Waals surface area (Å²) in [6.45, 7) is 3.03. The molecule has 2 rings (SSSR count). The highest BCUT2D eigenvalue weighted by atomic mass is 16.5. The van der Waals surface area contributed by atoms with E-state index in [0.717, 1.165) is 24.2 Å². The minimum atomic E-state index is -0.115. The predicted molar refractivity (Wildman–Crippen MR) is 73.5 cm³/mol. The molecule has 1 heterocycles. The number of aliphatic hydroxyl groups excluding tert-OH is 1. The SMILES string of the molecule is CCCNC(CO)c1ccc2c(c1)N(C)C(=O)CO2. The summed E-state index contributed by atoms with van der Waals surface area (Å²) < 4.78 is 5.38. The molecule has 19 heavy (non-hydrogen) atoms. The number of ether oxygens (including phenoxy) is 1. The molecule has 0 aliphatic carbocycles. The molecule has 1 atom stereocenters.